The van der Waals surface area contributed by atoms with Crippen LogP contribution in [-0.2, 0) is 16.0 Å². The van der Waals surface area contributed by atoms with Gasteiger partial charge in [0.15, 0.2) is 0 Å². The smallest absolute Gasteiger partial charge is 0.345 e. The zero-order valence-electron chi connectivity index (χ0n) is 11.1. The number of fused-ring (bicyclic) bond motifs is 1. The molecule has 2 aromatic rings. The summed E-state index contributed by atoms with van der Waals surface area (Å²) in [6.45, 7) is 2.01. The van der Waals surface area contributed by atoms with Gasteiger partial charge >= 0.3 is 11.6 Å². The number of hydrogen-bond donors (Lipinski definition) is 0. The van der Waals surface area contributed by atoms with Crippen molar-refractivity contribution in [3.8, 4) is 0 Å². The van der Waals surface area contributed by atoms with Crippen molar-refractivity contribution in [2.75, 3.05) is 7.11 Å². The first-order valence-corrected chi connectivity index (χ1v) is 6.46. The van der Waals surface area contributed by atoms with E-state index in [4.69, 9.17) is 16.0 Å². The number of benzene rings is 1. The first kappa shape index (κ1) is 14.3. The lowest BCUT2D eigenvalue weighted by molar-refractivity contribution is -0.134. The minimum Gasteiger partial charge on any atom is -0.466 e. The fourth-order valence-electron chi connectivity index (χ4n) is 1.80. The van der Waals surface area contributed by atoms with Gasteiger partial charge in [0.1, 0.15) is 5.58 Å². The van der Waals surface area contributed by atoms with E-state index in [9.17, 15) is 9.59 Å². The van der Waals surface area contributed by atoms with Gasteiger partial charge in [0.05, 0.1) is 17.7 Å². The third-order valence-electron chi connectivity index (χ3n) is 2.94. The average Bonchev–Trinajstić information content (AvgIpc) is 2.45. The Morgan fingerprint density at radius 2 is 2.20 bits per heavy atom. The van der Waals surface area contributed by atoms with Crippen molar-refractivity contribution in [2.24, 2.45) is 0 Å². The van der Waals surface area contributed by atoms with E-state index in [0.717, 1.165) is 18.1 Å². The van der Waals surface area contributed by atoms with Crippen LogP contribution in [0.25, 0.3) is 17.0 Å². The maximum Gasteiger partial charge on any atom is 0.345 e. The fourth-order valence-corrected chi connectivity index (χ4v) is 2.10. The SMILES string of the molecule is CCc1ccc2c(Cl)c(/C=C/C(=O)OC)c(=O)oc2c1. The number of methoxy groups -OCH3 is 1. The topological polar surface area (TPSA) is 56.5 Å². The van der Waals surface area contributed by atoms with E-state index in [1.54, 1.807) is 12.1 Å². The molecule has 0 saturated carbocycles. The predicted octanol–water partition coefficient (Wildman–Crippen LogP) is 3.20. The predicted molar refractivity (Wildman–Crippen MR) is 77.9 cm³/mol. The molecule has 104 valence electrons. The molecule has 1 aromatic heterocycles. The summed E-state index contributed by atoms with van der Waals surface area (Å²) in [7, 11) is 1.25. The highest BCUT2D eigenvalue weighted by Gasteiger charge is 2.11. The highest BCUT2D eigenvalue weighted by molar-refractivity contribution is 6.36. The first-order chi connectivity index (χ1) is 9.56. The van der Waals surface area contributed by atoms with Gasteiger partial charge in [-0.05, 0) is 30.2 Å². The van der Waals surface area contributed by atoms with E-state index in [0.29, 0.717) is 11.0 Å². The third-order valence-corrected chi connectivity index (χ3v) is 3.34. The van der Waals surface area contributed by atoms with E-state index in [2.05, 4.69) is 4.74 Å². The van der Waals surface area contributed by atoms with Crippen LogP contribution in [0.2, 0.25) is 5.02 Å². The van der Waals surface area contributed by atoms with Crippen LogP contribution in [0.5, 0.6) is 0 Å². The van der Waals surface area contributed by atoms with Gasteiger partial charge < -0.3 is 9.15 Å². The molecule has 2 rings (SSSR count). The van der Waals surface area contributed by atoms with E-state index >= 15 is 0 Å². The number of aryl methyl sites for hydroxylation is 1. The lowest BCUT2D eigenvalue weighted by Gasteiger charge is -2.04. The average molecular weight is 293 g/mol. The van der Waals surface area contributed by atoms with Crippen LogP contribution in [0.15, 0.2) is 33.5 Å². The summed E-state index contributed by atoms with van der Waals surface area (Å²) >= 11 is 6.21. The van der Waals surface area contributed by atoms with Gasteiger partial charge in [-0.25, -0.2) is 9.59 Å². The van der Waals surface area contributed by atoms with E-state index in [1.165, 1.54) is 13.2 Å². The summed E-state index contributed by atoms with van der Waals surface area (Å²) in [4.78, 5) is 23.0. The zero-order chi connectivity index (χ0) is 14.7. The Bertz CT molecular complexity index is 743. The summed E-state index contributed by atoms with van der Waals surface area (Å²) in [6.07, 6.45) is 3.26. The van der Waals surface area contributed by atoms with Gasteiger partial charge in [-0.1, -0.05) is 24.6 Å². The summed E-state index contributed by atoms with van der Waals surface area (Å²) in [5.74, 6) is -0.568. The molecular weight excluding hydrogens is 280 g/mol. The molecule has 0 unspecified atom stereocenters. The van der Waals surface area contributed by atoms with Crippen molar-refractivity contribution in [1.29, 1.82) is 0 Å². The molecule has 4 nitrogen and oxygen atoms in total. The molecule has 0 spiro atoms. The van der Waals surface area contributed by atoms with Crippen LogP contribution in [0.4, 0.5) is 0 Å². The molecule has 5 heteroatoms. The maximum absolute atomic E-state index is 11.9. The van der Waals surface area contributed by atoms with Gasteiger partial charge in [0.25, 0.3) is 0 Å². The van der Waals surface area contributed by atoms with Crippen molar-refractivity contribution in [3.05, 3.63) is 50.8 Å². The Hall–Kier alpha value is -2.07. The van der Waals surface area contributed by atoms with Crippen LogP contribution in [0.1, 0.15) is 18.1 Å². The van der Waals surface area contributed by atoms with Crippen LogP contribution in [0, 0.1) is 0 Å². The summed E-state index contributed by atoms with van der Waals surface area (Å²) < 4.78 is 9.71. The number of hydrogen-bond acceptors (Lipinski definition) is 4. The molecule has 0 aliphatic carbocycles. The van der Waals surface area contributed by atoms with Crippen molar-refractivity contribution in [3.63, 3.8) is 0 Å². The molecule has 1 heterocycles. The lowest BCUT2D eigenvalue weighted by atomic mass is 10.1. The molecule has 0 atom stereocenters. The monoisotopic (exact) mass is 292 g/mol. The third kappa shape index (κ3) is 2.75. The van der Waals surface area contributed by atoms with Crippen LogP contribution in [-0.4, -0.2) is 13.1 Å². The Morgan fingerprint density at radius 3 is 2.85 bits per heavy atom. The quantitative estimate of drug-likeness (QED) is 0.495. The second-order valence-electron chi connectivity index (χ2n) is 4.16. The second kappa shape index (κ2) is 5.92. The molecule has 20 heavy (non-hydrogen) atoms. The van der Waals surface area contributed by atoms with E-state index < -0.39 is 11.6 Å². The fraction of sp³-hybridized carbons (Fsp3) is 0.200. The number of carbonyl (C=O) groups excluding carboxylic acids is 1. The molecule has 0 N–H and O–H groups in total. The Morgan fingerprint density at radius 1 is 1.45 bits per heavy atom. The van der Waals surface area contributed by atoms with Crippen molar-refractivity contribution in [2.45, 2.75) is 13.3 Å². The highest BCUT2D eigenvalue weighted by atomic mass is 35.5. The van der Waals surface area contributed by atoms with Gasteiger partial charge in [0, 0.05) is 11.5 Å². The maximum atomic E-state index is 11.9. The number of esters is 1. The number of rotatable bonds is 3. The molecule has 0 saturated heterocycles. The van der Waals surface area contributed by atoms with Crippen LogP contribution in [0.3, 0.4) is 0 Å². The van der Waals surface area contributed by atoms with Crippen LogP contribution < -0.4 is 5.63 Å². The van der Waals surface area contributed by atoms with Gasteiger partial charge in [-0.2, -0.15) is 0 Å². The Kier molecular flexibility index (Phi) is 4.25. The summed E-state index contributed by atoms with van der Waals surface area (Å²) in [6, 6.07) is 5.51. The molecule has 0 bridgehead atoms. The summed E-state index contributed by atoms with van der Waals surface area (Å²) in [5.41, 5.74) is 1.04. The Balaban J connectivity index is 2.60. The number of ether oxygens (including phenoxy) is 1. The summed E-state index contributed by atoms with van der Waals surface area (Å²) in [5, 5.41) is 0.895. The van der Waals surface area contributed by atoms with Crippen molar-refractivity contribution < 1.29 is 13.9 Å². The molecule has 0 aliphatic rings. The van der Waals surface area contributed by atoms with Crippen molar-refractivity contribution >= 4 is 34.6 Å². The van der Waals surface area contributed by atoms with E-state index in [-0.39, 0.29) is 10.6 Å². The van der Waals surface area contributed by atoms with Crippen LogP contribution >= 0.6 is 11.6 Å². The zero-order valence-corrected chi connectivity index (χ0v) is 11.9. The van der Waals surface area contributed by atoms with Gasteiger partial charge in [0.2, 0.25) is 0 Å². The highest BCUT2D eigenvalue weighted by Crippen LogP contribution is 2.26. The van der Waals surface area contributed by atoms with Gasteiger partial charge in [-0.15, -0.1) is 0 Å². The van der Waals surface area contributed by atoms with Crippen molar-refractivity contribution in [1.82, 2.24) is 0 Å². The minimum atomic E-state index is -0.587. The van der Waals surface area contributed by atoms with Gasteiger partial charge in [-0.3, -0.25) is 0 Å². The molecule has 0 fully saturated rings. The number of carbonyl (C=O) groups is 1. The standard InChI is InChI=1S/C15H13ClO4/c1-3-9-4-5-10-12(8-9)20-15(18)11(14(10)16)6-7-13(17)19-2/h4-8H,3H2,1-2H3/b7-6+. The first-order valence-electron chi connectivity index (χ1n) is 6.08. The second-order valence-corrected chi connectivity index (χ2v) is 4.54. The largest absolute Gasteiger partial charge is 0.466 e. The normalized spacial score (nSPS) is 11.2. The minimum absolute atomic E-state index is 0.133. The molecule has 0 aliphatic heterocycles. The molecule has 0 radical (unpaired) electrons. The number of halogens is 1. The molecule has 0 amide bonds. The lowest BCUT2D eigenvalue weighted by Crippen LogP contribution is -2.05. The van der Waals surface area contributed by atoms with E-state index in [1.807, 2.05) is 13.0 Å². The molecular formula is C15H13ClO4. The molecule has 1 aromatic carbocycles. The Labute approximate surface area is 120 Å².